The lowest BCUT2D eigenvalue weighted by molar-refractivity contribution is -0.138. The zero-order valence-corrected chi connectivity index (χ0v) is 13.9. The number of carbonyl (C=O) groups excluding carboxylic acids is 1. The quantitative estimate of drug-likeness (QED) is 0.811. The number of aromatic nitrogens is 2. The van der Waals surface area contributed by atoms with Crippen LogP contribution >= 0.6 is 0 Å². The van der Waals surface area contributed by atoms with Crippen LogP contribution in [0.1, 0.15) is 28.0 Å². The summed E-state index contributed by atoms with van der Waals surface area (Å²) in [5, 5.41) is 3.21. The molecule has 2 aromatic heterocycles. The van der Waals surface area contributed by atoms with Gasteiger partial charge in [0.1, 0.15) is 17.3 Å². The molecule has 1 aliphatic rings. The lowest BCUT2D eigenvalue weighted by Crippen LogP contribution is -2.29. The van der Waals surface area contributed by atoms with Crippen molar-refractivity contribution in [3.8, 4) is 0 Å². The summed E-state index contributed by atoms with van der Waals surface area (Å²) < 4.78 is 40.2. The van der Waals surface area contributed by atoms with Gasteiger partial charge in [-0.1, -0.05) is 0 Å². The molecule has 9 heteroatoms. The number of rotatable bonds is 3. The molecule has 0 unspecified atom stereocenters. The van der Waals surface area contributed by atoms with Crippen LogP contribution < -0.4 is 16.0 Å². The molecule has 3 rings (SSSR count). The van der Waals surface area contributed by atoms with E-state index in [0.29, 0.717) is 25.5 Å². The average Bonchev–Trinajstić information content (AvgIpc) is 2.90. The second kappa shape index (κ2) is 7.28. The maximum Gasteiger partial charge on any atom is 0.418 e. The lowest BCUT2D eigenvalue weighted by atomic mass is 10.0. The Morgan fingerprint density at radius 1 is 1.19 bits per heavy atom. The summed E-state index contributed by atoms with van der Waals surface area (Å²) in [4.78, 5) is 22.4. The Balaban J connectivity index is 2.06. The molecule has 0 bridgehead atoms. The predicted molar refractivity (Wildman–Crippen MR) is 91.0 cm³/mol. The molecule has 138 valence electrons. The molecule has 0 radical (unpaired) electrons. The van der Waals surface area contributed by atoms with Crippen LogP contribution in [0.5, 0.6) is 0 Å². The Morgan fingerprint density at radius 3 is 2.73 bits per heavy atom. The number of hydrogen-bond donors (Lipinski definition) is 2. The van der Waals surface area contributed by atoms with Crippen LogP contribution in [0.15, 0.2) is 30.5 Å². The maximum atomic E-state index is 13.4. The summed E-state index contributed by atoms with van der Waals surface area (Å²) in [6.07, 6.45) is -2.50. The second-order valence-electron chi connectivity index (χ2n) is 5.92. The van der Waals surface area contributed by atoms with Crippen LogP contribution in [-0.4, -0.2) is 41.9 Å². The first-order chi connectivity index (χ1) is 12.4. The summed E-state index contributed by atoms with van der Waals surface area (Å²) in [7, 11) is 0. The van der Waals surface area contributed by atoms with E-state index >= 15 is 0 Å². The number of nitrogens with zero attached hydrogens (tertiary/aromatic N) is 3. The summed E-state index contributed by atoms with van der Waals surface area (Å²) >= 11 is 0. The second-order valence-corrected chi connectivity index (χ2v) is 5.92. The number of anilines is 2. The standard InChI is InChI=1S/C17H18F3N5O/c18-17(19,20)12-4-5-13(25-9-2-6-22-8-10-25)24-14(12)15(26)11-3-1-7-23-16(11)21/h1,3-5,7,22H,2,6,8-10H2,(H2,21,23). The van der Waals surface area contributed by atoms with E-state index in [9.17, 15) is 18.0 Å². The van der Waals surface area contributed by atoms with E-state index in [4.69, 9.17) is 5.73 Å². The summed E-state index contributed by atoms with van der Waals surface area (Å²) in [5.74, 6) is -0.679. The summed E-state index contributed by atoms with van der Waals surface area (Å²) in [6.45, 7) is 2.77. The number of nitrogens with two attached hydrogens (primary N) is 1. The molecule has 0 spiro atoms. The highest BCUT2D eigenvalue weighted by atomic mass is 19.4. The van der Waals surface area contributed by atoms with Gasteiger partial charge >= 0.3 is 6.18 Å². The van der Waals surface area contributed by atoms with Gasteiger partial charge in [0.25, 0.3) is 0 Å². The Kier molecular flexibility index (Phi) is 5.08. The van der Waals surface area contributed by atoms with Crippen molar-refractivity contribution < 1.29 is 18.0 Å². The van der Waals surface area contributed by atoms with Crippen LogP contribution in [0, 0.1) is 0 Å². The maximum absolute atomic E-state index is 13.4. The van der Waals surface area contributed by atoms with Crippen LogP contribution in [0.4, 0.5) is 24.8 Å². The first kappa shape index (κ1) is 18.1. The molecule has 0 amide bonds. The number of nitrogens with one attached hydrogen (secondary N) is 1. The van der Waals surface area contributed by atoms with Gasteiger partial charge in [0.05, 0.1) is 11.1 Å². The fraction of sp³-hybridized carbons (Fsp3) is 0.353. The average molecular weight is 365 g/mol. The Morgan fingerprint density at radius 2 is 2.00 bits per heavy atom. The number of alkyl halides is 3. The van der Waals surface area contributed by atoms with Gasteiger partial charge in [-0.25, -0.2) is 9.97 Å². The third-order valence-corrected chi connectivity index (χ3v) is 4.15. The van der Waals surface area contributed by atoms with E-state index in [1.165, 1.54) is 24.4 Å². The zero-order valence-electron chi connectivity index (χ0n) is 13.9. The monoisotopic (exact) mass is 365 g/mol. The van der Waals surface area contributed by atoms with Crippen molar-refractivity contribution in [2.75, 3.05) is 36.8 Å². The van der Waals surface area contributed by atoms with Gasteiger partial charge < -0.3 is 16.0 Å². The molecule has 0 aliphatic carbocycles. The molecule has 1 saturated heterocycles. The largest absolute Gasteiger partial charge is 0.418 e. The normalized spacial score (nSPS) is 15.6. The van der Waals surface area contributed by atoms with E-state index in [1.54, 1.807) is 0 Å². The predicted octanol–water partition coefficient (Wildman–Crippen LogP) is 2.11. The third-order valence-electron chi connectivity index (χ3n) is 4.15. The van der Waals surface area contributed by atoms with Crippen molar-refractivity contribution in [3.05, 3.63) is 47.3 Å². The van der Waals surface area contributed by atoms with E-state index in [1.807, 2.05) is 4.90 Å². The van der Waals surface area contributed by atoms with Crippen molar-refractivity contribution in [2.45, 2.75) is 12.6 Å². The highest BCUT2D eigenvalue weighted by Crippen LogP contribution is 2.34. The molecule has 2 aromatic rings. The molecular weight excluding hydrogens is 347 g/mol. The number of ketones is 1. The highest BCUT2D eigenvalue weighted by molar-refractivity contribution is 6.11. The first-order valence-corrected chi connectivity index (χ1v) is 8.17. The number of hydrogen-bond acceptors (Lipinski definition) is 6. The molecule has 26 heavy (non-hydrogen) atoms. The minimum Gasteiger partial charge on any atom is -0.383 e. The van der Waals surface area contributed by atoms with Gasteiger partial charge in [0, 0.05) is 25.8 Å². The third kappa shape index (κ3) is 3.77. The SMILES string of the molecule is Nc1ncccc1C(=O)c1nc(N2CCCNCC2)ccc1C(F)(F)F. The van der Waals surface area contributed by atoms with Crippen molar-refractivity contribution >= 4 is 17.4 Å². The van der Waals surface area contributed by atoms with Crippen LogP contribution in [0.25, 0.3) is 0 Å². The number of nitrogen functional groups attached to an aromatic ring is 1. The Hall–Kier alpha value is -2.68. The van der Waals surface area contributed by atoms with Crippen molar-refractivity contribution in [3.63, 3.8) is 0 Å². The van der Waals surface area contributed by atoms with Gasteiger partial charge in [0.15, 0.2) is 0 Å². The molecule has 0 atom stereocenters. The van der Waals surface area contributed by atoms with E-state index in [0.717, 1.165) is 19.0 Å². The van der Waals surface area contributed by atoms with Gasteiger partial charge in [0.2, 0.25) is 5.78 Å². The van der Waals surface area contributed by atoms with Crippen LogP contribution in [-0.2, 0) is 6.18 Å². The summed E-state index contributed by atoms with van der Waals surface area (Å²) in [5.41, 5.74) is 3.82. The van der Waals surface area contributed by atoms with Crippen LogP contribution in [0.2, 0.25) is 0 Å². The van der Waals surface area contributed by atoms with Gasteiger partial charge in [-0.05, 0) is 37.2 Å². The van der Waals surface area contributed by atoms with E-state index < -0.39 is 23.2 Å². The van der Waals surface area contributed by atoms with Crippen molar-refractivity contribution in [1.29, 1.82) is 0 Å². The minimum absolute atomic E-state index is 0.0971. The van der Waals surface area contributed by atoms with Crippen LogP contribution in [0.3, 0.4) is 0 Å². The fourth-order valence-corrected chi connectivity index (χ4v) is 2.84. The van der Waals surface area contributed by atoms with Crippen molar-refractivity contribution in [2.24, 2.45) is 0 Å². The first-order valence-electron chi connectivity index (χ1n) is 8.17. The fourth-order valence-electron chi connectivity index (χ4n) is 2.84. The minimum atomic E-state index is -4.70. The molecule has 6 nitrogen and oxygen atoms in total. The van der Waals surface area contributed by atoms with E-state index in [-0.39, 0.29) is 11.4 Å². The smallest absolute Gasteiger partial charge is 0.383 e. The molecule has 3 N–H and O–H groups in total. The van der Waals surface area contributed by atoms with Crippen molar-refractivity contribution in [1.82, 2.24) is 15.3 Å². The molecule has 0 saturated carbocycles. The topological polar surface area (TPSA) is 84.1 Å². The van der Waals surface area contributed by atoms with E-state index in [2.05, 4.69) is 15.3 Å². The number of carbonyl (C=O) groups is 1. The van der Waals surface area contributed by atoms with Gasteiger partial charge in [-0.3, -0.25) is 4.79 Å². The molecule has 1 fully saturated rings. The molecule has 0 aromatic carbocycles. The summed E-state index contributed by atoms with van der Waals surface area (Å²) in [6, 6.07) is 4.99. The molecule has 3 heterocycles. The lowest BCUT2D eigenvalue weighted by Gasteiger charge is -2.22. The number of pyridine rings is 2. The number of halogens is 3. The highest BCUT2D eigenvalue weighted by Gasteiger charge is 2.37. The van der Waals surface area contributed by atoms with Gasteiger partial charge in [-0.2, -0.15) is 13.2 Å². The Bertz CT molecular complexity index is 801. The molecule has 1 aliphatic heterocycles. The van der Waals surface area contributed by atoms with Gasteiger partial charge in [-0.15, -0.1) is 0 Å². The molecular formula is C17H18F3N5O. The zero-order chi connectivity index (χ0) is 18.7. The Labute approximate surface area is 148 Å².